The molecule has 18 heavy (non-hydrogen) atoms. The number of carboxylic acid groups (broad SMARTS) is 1. The minimum absolute atomic E-state index is 0.0463. The van der Waals surface area contributed by atoms with Crippen molar-refractivity contribution in [2.75, 3.05) is 19.6 Å². The molecule has 0 amide bonds. The first-order valence-corrected chi connectivity index (χ1v) is 5.68. The summed E-state index contributed by atoms with van der Waals surface area (Å²) in [5, 5.41) is 17.9. The van der Waals surface area contributed by atoms with Gasteiger partial charge < -0.3 is 5.11 Å². The van der Waals surface area contributed by atoms with E-state index in [9.17, 15) is 4.79 Å². The van der Waals surface area contributed by atoms with Crippen molar-refractivity contribution >= 4 is 28.6 Å². The maximum absolute atomic E-state index is 11.1. The quantitative estimate of drug-likeness (QED) is 0.214. The van der Waals surface area contributed by atoms with Gasteiger partial charge in [0.15, 0.2) is 5.17 Å². The molecule has 0 aliphatic rings. The number of nitrogens with one attached hydrogen (secondary N) is 2. The van der Waals surface area contributed by atoms with E-state index in [-0.39, 0.29) is 10.7 Å². The Morgan fingerprint density at radius 2 is 2.28 bits per heavy atom. The van der Waals surface area contributed by atoms with Gasteiger partial charge in [0.2, 0.25) is 0 Å². The number of hydrazine groups is 1. The molecule has 0 saturated heterocycles. The minimum Gasteiger partial charge on any atom is -0.478 e. The van der Waals surface area contributed by atoms with E-state index in [1.165, 1.54) is 20.2 Å². The zero-order valence-electron chi connectivity index (χ0n) is 9.93. The molecule has 0 aliphatic heterocycles. The third-order valence-electron chi connectivity index (χ3n) is 1.96. The summed E-state index contributed by atoms with van der Waals surface area (Å²) in [5.41, 5.74) is 3.14. The predicted molar refractivity (Wildman–Crippen MR) is 69.6 cm³/mol. The van der Waals surface area contributed by atoms with Crippen molar-refractivity contribution in [1.29, 1.82) is 5.41 Å². The summed E-state index contributed by atoms with van der Waals surface area (Å²) in [6.07, 6.45) is 0. The highest BCUT2D eigenvalue weighted by atomic mass is 32.2. The number of hydrogen-bond donors (Lipinski definition) is 4. The maximum atomic E-state index is 11.1. The first kappa shape index (κ1) is 14.3. The van der Waals surface area contributed by atoms with Gasteiger partial charge in [0.25, 0.3) is 0 Å². The molecule has 0 atom stereocenters. The van der Waals surface area contributed by atoms with E-state index in [1.807, 2.05) is 0 Å². The average molecular weight is 270 g/mol. The third-order valence-corrected chi connectivity index (χ3v) is 3.01. The zero-order chi connectivity index (χ0) is 13.7. The molecule has 1 aromatic rings. The summed E-state index contributed by atoms with van der Waals surface area (Å²) in [7, 11) is 2.94. The number of amidine groups is 1. The molecule has 0 aromatic heterocycles. The fourth-order valence-electron chi connectivity index (χ4n) is 1.14. The maximum Gasteiger partial charge on any atom is 0.336 e. The molecule has 0 heterocycles. The number of carboxylic acids is 1. The van der Waals surface area contributed by atoms with Crippen molar-refractivity contribution < 1.29 is 14.7 Å². The number of aromatic carboxylic acids is 1. The van der Waals surface area contributed by atoms with Crippen LogP contribution in [0.15, 0.2) is 23.1 Å². The van der Waals surface area contributed by atoms with E-state index in [2.05, 4.69) is 5.48 Å². The zero-order valence-corrected chi connectivity index (χ0v) is 10.7. The van der Waals surface area contributed by atoms with Crippen molar-refractivity contribution in [2.24, 2.45) is 5.84 Å². The van der Waals surface area contributed by atoms with Crippen molar-refractivity contribution in [3.8, 4) is 0 Å². The molecule has 0 aliphatic carbocycles. The third kappa shape index (κ3) is 3.62. The van der Waals surface area contributed by atoms with E-state index in [0.717, 1.165) is 16.8 Å². The molecular formula is C10H14N4O3S. The lowest BCUT2D eigenvalue weighted by molar-refractivity contribution is 0.0693. The van der Waals surface area contributed by atoms with Gasteiger partial charge in [0.1, 0.15) is 0 Å². The lowest BCUT2D eigenvalue weighted by Crippen LogP contribution is -2.30. The van der Waals surface area contributed by atoms with Crippen LogP contribution in [0.5, 0.6) is 0 Å². The normalized spacial score (nSPS) is 9.94. The number of nitrogens with zero attached hydrogens (tertiary/aromatic N) is 1. The molecule has 0 radical (unpaired) electrons. The highest BCUT2D eigenvalue weighted by Crippen LogP contribution is 2.26. The molecular weight excluding hydrogens is 256 g/mol. The van der Waals surface area contributed by atoms with Crippen molar-refractivity contribution in [3.63, 3.8) is 0 Å². The van der Waals surface area contributed by atoms with E-state index >= 15 is 0 Å². The van der Waals surface area contributed by atoms with Crippen LogP contribution < -0.4 is 11.3 Å². The minimum atomic E-state index is -1.08. The molecule has 0 bridgehead atoms. The Balaban J connectivity index is 3.04. The Morgan fingerprint density at radius 3 is 2.78 bits per heavy atom. The number of anilines is 1. The van der Waals surface area contributed by atoms with Gasteiger partial charge in [0, 0.05) is 11.9 Å². The summed E-state index contributed by atoms with van der Waals surface area (Å²) < 4.78 is 0. The van der Waals surface area contributed by atoms with Crippen LogP contribution in [0.25, 0.3) is 0 Å². The molecule has 7 nitrogen and oxygen atoms in total. The first-order chi connectivity index (χ1) is 8.45. The van der Waals surface area contributed by atoms with Crippen LogP contribution in [-0.2, 0) is 4.84 Å². The van der Waals surface area contributed by atoms with Gasteiger partial charge in [0.05, 0.1) is 18.4 Å². The van der Waals surface area contributed by atoms with Crippen LogP contribution in [0.2, 0.25) is 0 Å². The fourth-order valence-corrected chi connectivity index (χ4v) is 1.89. The van der Waals surface area contributed by atoms with Crippen LogP contribution >= 0.6 is 11.8 Å². The lowest BCUT2D eigenvalue weighted by atomic mass is 10.2. The Hall–Kier alpha value is -1.77. The van der Waals surface area contributed by atoms with Gasteiger partial charge >= 0.3 is 5.97 Å². The van der Waals surface area contributed by atoms with Crippen molar-refractivity contribution in [1.82, 2.24) is 5.01 Å². The Morgan fingerprint density at radius 1 is 1.61 bits per heavy atom. The van der Waals surface area contributed by atoms with Crippen molar-refractivity contribution in [3.05, 3.63) is 23.8 Å². The van der Waals surface area contributed by atoms with Gasteiger partial charge in [-0.25, -0.2) is 10.6 Å². The smallest absolute Gasteiger partial charge is 0.336 e. The second kappa shape index (κ2) is 6.24. The predicted octanol–water partition coefficient (Wildman–Crippen LogP) is 1.19. The van der Waals surface area contributed by atoms with Crippen LogP contribution in [0, 0.1) is 5.41 Å². The number of thioether (sulfide) groups is 1. The molecule has 8 heteroatoms. The molecule has 0 unspecified atom stereocenters. The lowest BCUT2D eigenvalue weighted by Gasteiger charge is -2.14. The average Bonchev–Trinajstić information content (AvgIpc) is 2.30. The van der Waals surface area contributed by atoms with E-state index in [4.69, 9.17) is 21.2 Å². The van der Waals surface area contributed by atoms with Crippen LogP contribution in [-0.4, -0.2) is 35.4 Å². The van der Waals surface area contributed by atoms with Crippen LogP contribution in [0.1, 0.15) is 10.4 Å². The number of nitrogens with two attached hydrogens (primary N) is 1. The Labute approximate surface area is 108 Å². The second-order valence-corrected chi connectivity index (χ2v) is 4.37. The van der Waals surface area contributed by atoms with Gasteiger partial charge in [-0.15, -0.1) is 0 Å². The van der Waals surface area contributed by atoms with Crippen molar-refractivity contribution in [2.45, 2.75) is 4.90 Å². The Bertz CT molecular complexity index is 464. The van der Waals surface area contributed by atoms with E-state index in [0.29, 0.717) is 10.6 Å². The topological polar surface area (TPSA) is 112 Å². The number of rotatable bonds is 4. The standard InChI is InChI=1S/C10H14N4O3S/c1-14(12)10(11)18-8-4-3-6(13-17-2)5-7(8)9(15)16/h3-5,11,13H,12H2,1-2H3,(H,15,16). The van der Waals surface area contributed by atoms with Gasteiger partial charge in [-0.05, 0) is 18.2 Å². The van der Waals surface area contributed by atoms with Crippen LogP contribution in [0.3, 0.4) is 0 Å². The van der Waals surface area contributed by atoms with Gasteiger partial charge in [-0.3, -0.25) is 20.7 Å². The molecule has 0 fully saturated rings. The molecule has 0 spiro atoms. The number of carbonyl (C=O) groups is 1. The van der Waals surface area contributed by atoms with Gasteiger partial charge in [-0.2, -0.15) is 0 Å². The van der Waals surface area contributed by atoms with Crippen LogP contribution in [0.4, 0.5) is 5.69 Å². The summed E-state index contributed by atoms with van der Waals surface area (Å²) in [6.45, 7) is 0. The first-order valence-electron chi connectivity index (χ1n) is 4.87. The number of hydrogen-bond acceptors (Lipinski definition) is 6. The largest absolute Gasteiger partial charge is 0.478 e. The highest BCUT2D eigenvalue weighted by molar-refractivity contribution is 8.13. The van der Waals surface area contributed by atoms with Gasteiger partial charge in [-0.1, -0.05) is 11.8 Å². The molecule has 98 valence electrons. The summed E-state index contributed by atoms with van der Waals surface area (Å²) in [6, 6.07) is 4.67. The van der Waals surface area contributed by atoms with E-state index < -0.39 is 5.97 Å². The fraction of sp³-hybridized carbons (Fsp3) is 0.200. The molecule has 1 rings (SSSR count). The van der Waals surface area contributed by atoms with E-state index in [1.54, 1.807) is 12.1 Å². The molecule has 1 aromatic carbocycles. The molecule has 5 N–H and O–H groups in total. The highest BCUT2D eigenvalue weighted by Gasteiger charge is 2.14. The molecule has 0 saturated carbocycles. The number of benzene rings is 1. The summed E-state index contributed by atoms with van der Waals surface area (Å²) >= 11 is 0.968. The second-order valence-electron chi connectivity index (χ2n) is 3.34. The SMILES string of the molecule is CONc1ccc(SC(=N)N(C)N)c(C(=O)O)c1. The summed E-state index contributed by atoms with van der Waals surface area (Å²) in [5.74, 6) is 4.32. The monoisotopic (exact) mass is 270 g/mol. The summed E-state index contributed by atoms with van der Waals surface area (Å²) in [4.78, 5) is 16.3. The Kier molecular flexibility index (Phi) is 4.95.